The average Bonchev–Trinajstić information content (AvgIpc) is 2.67. The maximum absolute atomic E-state index is 3.49. The predicted octanol–water partition coefficient (Wildman–Crippen LogP) is 0.280. The third-order valence-corrected chi connectivity index (χ3v) is 3.47. The van der Waals surface area contributed by atoms with Gasteiger partial charge in [-0.15, -0.1) is 0 Å². The summed E-state index contributed by atoms with van der Waals surface area (Å²) in [4.78, 5) is 2.61. The van der Waals surface area contributed by atoms with E-state index in [9.17, 15) is 0 Å². The largest absolute Gasteiger partial charge is 0.316 e. The normalized spacial score (nSPS) is 34.9. The molecule has 0 bridgehead atoms. The second-order valence-electron chi connectivity index (χ2n) is 4.80. The molecule has 2 saturated heterocycles. The molecule has 0 radical (unpaired) electrons. The van der Waals surface area contributed by atoms with Crippen molar-refractivity contribution in [1.29, 1.82) is 0 Å². The highest BCUT2D eigenvalue weighted by atomic mass is 15.2. The maximum Gasteiger partial charge on any atom is 0.0167 e. The highest BCUT2D eigenvalue weighted by Gasteiger charge is 2.18. The molecule has 0 aromatic carbocycles. The molecule has 2 atom stereocenters. The lowest BCUT2D eigenvalue weighted by atomic mass is 10.0. The fraction of sp³-hybridized carbons (Fsp3) is 1.00. The molecule has 3 heteroatoms. The van der Waals surface area contributed by atoms with Crippen molar-refractivity contribution in [2.24, 2.45) is 5.92 Å². The summed E-state index contributed by atoms with van der Waals surface area (Å²) in [5, 5.41) is 6.92. The monoisotopic (exact) mass is 197 g/mol. The Hall–Kier alpha value is -0.120. The molecule has 2 aliphatic heterocycles. The third kappa shape index (κ3) is 2.94. The van der Waals surface area contributed by atoms with E-state index in [2.05, 4.69) is 22.5 Å². The second kappa shape index (κ2) is 5.10. The number of hydrogen-bond donors (Lipinski definition) is 2. The van der Waals surface area contributed by atoms with Gasteiger partial charge in [-0.3, -0.25) is 0 Å². The van der Waals surface area contributed by atoms with Gasteiger partial charge in [0.1, 0.15) is 0 Å². The standard InChI is InChI=1S/C11H23N3/c1-10-9-14(7-5-13-10)6-3-11-2-4-12-8-11/h10-13H,2-9H2,1H3. The van der Waals surface area contributed by atoms with E-state index in [1.54, 1.807) is 0 Å². The molecule has 0 amide bonds. The van der Waals surface area contributed by atoms with Crippen LogP contribution >= 0.6 is 0 Å². The molecule has 3 nitrogen and oxygen atoms in total. The summed E-state index contributed by atoms with van der Waals surface area (Å²) in [6.45, 7) is 9.72. The Bertz CT molecular complexity index is 166. The van der Waals surface area contributed by atoms with Crippen LogP contribution in [0.5, 0.6) is 0 Å². The van der Waals surface area contributed by atoms with Crippen molar-refractivity contribution in [2.75, 3.05) is 39.3 Å². The molecular formula is C11H23N3. The van der Waals surface area contributed by atoms with Gasteiger partial charge in [0.25, 0.3) is 0 Å². The van der Waals surface area contributed by atoms with E-state index < -0.39 is 0 Å². The molecule has 14 heavy (non-hydrogen) atoms. The van der Waals surface area contributed by atoms with E-state index >= 15 is 0 Å². The van der Waals surface area contributed by atoms with Crippen LogP contribution in [0.2, 0.25) is 0 Å². The summed E-state index contributed by atoms with van der Waals surface area (Å²) in [6, 6.07) is 0.686. The minimum atomic E-state index is 0.686. The Morgan fingerprint density at radius 1 is 1.36 bits per heavy atom. The van der Waals surface area contributed by atoms with E-state index in [0.29, 0.717) is 6.04 Å². The smallest absolute Gasteiger partial charge is 0.0167 e. The molecule has 0 spiro atoms. The summed E-state index contributed by atoms with van der Waals surface area (Å²) in [5.41, 5.74) is 0. The topological polar surface area (TPSA) is 27.3 Å². The van der Waals surface area contributed by atoms with Gasteiger partial charge in [0.05, 0.1) is 0 Å². The Labute approximate surface area is 87.2 Å². The minimum absolute atomic E-state index is 0.686. The fourth-order valence-electron chi connectivity index (χ4n) is 2.54. The number of nitrogens with one attached hydrogen (secondary N) is 2. The number of nitrogens with zero attached hydrogens (tertiary/aromatic N) is 1. The molecule has 82 valence electrons. The van der Waals surface area contributed by atoms with Gasteiger partial charge in [-0.25, -0.2) is 0 Å². The molecule has 2 unspecified atom stereocenters. The molecular weight excluding hydrogens is 174 g/mol. The molecule has 0 saturated carbocycles. The van der Waals surface area contributed by atoms with Crippen LogP contribution in [0.25, 0.3) is 0 Å². The van der Waals surface area contributed by atoms with Crippen LogP contribution in [0.1, 0.15) is 19.8 Å². The van der Waals surface area contributed by atoms with Crippen LogP contribution in [0.15, 0.2) is 0 Å². The van der Waals surface area contributed by atoms with Crippen LogP contribution < -0.4 is 10.6 Å². The Balaban J connectivity index is 1.64. The molecule has 2 fully saturated rings. The van der Waals surface area contributed by atoms with Crippen molar-refractivity contribution in [3.63, 3.8) is 0 Å². The van der Waals surface area contributed by atoms with Gasteiger partial charge < -0.3 is 15.5 Å². The first-order valence-corrected chi connectivity index (χ1v) is 6.01. The number of piperazine rings is 1. The highest BCUT2D eigenvalue weighted by molar-refractivity contribution is 4.77. The van der Waals surface area contributed by atoms with Crippen LogP contribution in [0, 0.1) is 5.92 Å². The van der Waals surface area contributed by atoms with Gasteiger partial charge in [-0.05, 0) is 45.3 Å². The number of rotatable bonds is 3. The van der Waals surface area contributed by atoms with Gasteiger partial charge in [0, 0.05) is 25.7 Å². The van der Waals surface area contributed by atoms with Crippen molar-refractivity contribution >= 4 is 0 Å². The predicted molar refractivity (Wildman–Crippen MR) is 59.5 cm³/mol. The SMILES string of the molecule is CC1CN(CCC2CCNC2)CCN1. The quantitative estimate of drug-likeness (QED) is 0.680. The lowest BCUT2D eigenvalue weighted by Gasteiger charge is -2.32. The van der Waals surface area contributed by atoms with Gasteiger partial charge in [0.2, 0.25) is 0 Å². The molecule has 2 aliphatic rings. The summed E-state index contributed by atoms with van der Waals surface area (Å²) in [5.74, 6) is 0.945. The Kier molecular flexibility index (Phi) is 3.79. The van der Waals surface area contributed by atoms with E-state index in [1.165, 1.54) is 52.1 Å². The highest BCUT2D eigenvalue weighted by Crippen LogP contribution is 2.13. The molecule has 0 aliphatic carbocycles. The maximum atomic E-state index is 3.49. The van der Waals surface area contributed by atoms with Crippen LogP contribution in [0.3, 0.4) is 0 Å². The first-order chi connectivity index (χ1) is 6.84. The van der Waals surface area contributed by atoms with Crippen LogP contribution in [-0.2, 0) is 0 Å². The molecule has 2 N–H and O–H groups in total. The van der Waals surface area contributed by atoms with Crippen molar-refractivity contribution in [3.8, 4) is 0 Å². The summed E-state index contributed by atoms with van der Waals surface area (Å²) in [6.07, 6.45) is 2.78. The minimum Gasteiger partial charge on any atom is -0.316 e. The first-order valence-electron chi connectivity index (χ1n) is 6.01. The van der Waals surface area contributed by atoms with Gasteiger partial charge in [0.15, 0.2) is 0 Å². The zero-order valence-corrected chi connectivity index (χ0v) is 9.26. The van der Waals surface area contributed by atoms with Crippen LogP contribution in [-0.4, -0.2) is 50.2 Å². The molecule has 0 aromatic rings. The molecule has 0 aromatic heterocycles. The second-order valence-corrected chi connectivity index (χ2v) is 4.80. The van der Waals surface area contributed by atoms with Crippen molar-refractivity contribution < 1.29 is 0 Å². The third-order valence-electron chi connectivity index (χ3n) is 3.47. The van der Waals surface area contributed by atoms with E-state index in [0.717, 1.165) is 5.92 Å². The lowest BCUT2D eigenvalue weighted by Crippen LogP contribution is -2.49. The summed E-state index contributed by atoms with van der Waals surface area (Å²) < 4.78 is 0. The summed E-state index contributed by atoms with van der Waals surface area (Å²) in [7, 11) is 0. The van der Waals surface area contributed by atoms with Crippen molar-refractivity contribution in [2.45, 2.75) is 25.8 Å². The van der Waals surface area contributed by atoms with Crippen LogP contribution in [0.4, 0.5) is 0 Å². The molecule has 2 heterocycles. The average molecular weight is 197 g/mol. The zero-order chi connectivity index (χ0) is 9.80. The zero-order valence-electron chi connectivity index (χ0n) is 9.26. The van der Waals surface area contributed by atoms with E-state index in [1.807, 2.05) is 0 Å². The Morgan fingerprint density at radius 2 is 2.29 bits per heavy atom. The van der Waals surface area contributed by atoms with Crippen molar-refractivity contribution in [1.82, 2.24) is 15.5 Å². The number of hydrogen-bond acceptors (Lipinski definition) is 3. The molecule has 2 rings (SSSR count). The van der Waals surface area contributed by atoms with Gasteiger partial charge in [-0.2, -0.15) is 0 Å². The van der Waals surface area contributed by atoms with E-state index in [-0.39, 0.29) is 0 Å². The fourth-order valence-corrected chi connectivity index (χ4v) is 2.54. The lowest BCUT2D eigenvalue weighted by molar-refractivity contribution is 0.196. The van der Waals surface area contributed by atoms with Crippen molar-refractivity contribution in [3.05, 3.63) is 0 Å². The van der Waals surface area contributed by atoms with Gasteiger partial charge >= 0.3 is 0 Å². The Morgan fingerprint density at radius 3 is 3.00 bits per heavy atom. The summed E-state index contributed by atoms with van der Waals surface area (Å²) >= 11 is 0. The van der Waals surface area contributed by atoms with Gasteiger partial charge in [-0.1, -0.05) is 0 Å². The first kappa shape index (κ1) is 10.4. The van der Waals surface area contributed by atoms with E-state index in [4.69, 9.17) is 0 Å².